The highest BCUT2D eigenvalue weighted by atomic mass is 16.2. The van der Waals surface area contributed by atoms with Gasteiger partial charge >= 0.3 is 0 Å². The standard InChI is InChI=1S/C15H23N3O/c1-12-4-6-13(7-5-12)9-18-10-14(8-16-2)17(3)15(19)11-18/h4-7,14,16H,8-11H2,1-3H3. The molecule has 0 radical (unpaired) electrons. The molecule has 1 aromatic rings. The van der Waals surface area contributed by atoms with Crippen LogP contribution in [-0.4, -0.2) is 55.5 Å². The fourth-order valence-corrected chi connectivity index (χ4v) is 2.50. The predicted octanol–water partition coefficient (Wildman–Crippen LogP) is 0.857. The summed E-state index contributed by atoms with van der Waals surface area (Å²) < 4.78 is 0. The number of aryl methyl sites for hydroxylation is 1. The average molecular weight is 261 g/mol. The molecule has 0 saturated carbocycles. The Morgan fingerprint density at radius 2 is 2.00 bits per heavy atom. The van der Waals surface area contributed by atoms with Crippen molar-refractivity contribution in [3.05, 3.63) is 35.4 Å². The lowest BCUT2D eigenvalue weighted by Crippen LogP contribution is -2.57. The van der Waals surface area contributed by atoms with Crippen LogP contribution in [0.15, 0.2) is 24.3 Å². The molecule has 1 aliphatic rings. The fraction of sp³-hybridized carbons (Fsp3) is 0.533. The van der Waals surface area contributed by atoms with Gasteiger partial charge in [0.05, 0.1) is 12.6 Å². The molecule has 0 spiro atoms. The van der Waals surface area contributed by atoms with Crippen molar-refractivity contribution >= 4 is 5.91 Å². The minimum atomic E-state index is 0.207. The van der Waals surface area contributed by atoms with E-state index in [-0.39, 0.29) is 11.9 Å². The van der Waals surface area contributed by atoms with E-state index in [1.807, 2.05) is 19.0 Å². The minimum absolute atomic E-state index is 0.207. The Bertz CT molecular complexity index is 430. The summed E-state index contributed by atoms with van der Waals surface area (Å²) in [4.78, 5) is 16.1. The molecule has 104 valence electrons. The number of piperazine rings is 1. The normalized spacial score (nSPS) is 20.9. The van der Waals surface area contributed by atoms with Crippen molar-refractivity contribution in [2.75, 3.05) is 33.7 Å². The van der Waals surface area contributed by atoms with E-state index >= 15 is 0 Å². The summed E-state index contributed by atoms with van der Waals surface area (Å²) in [5.74, 6) is 0.207. The molecule has 19 heavy (non-hydrogen) atoms. The number of nitrogens with zero attached hydrogens (tertiary/aromatic N) is 2. The molecular formula is C15H23N3O. The second-order valence-corrected chi connectivity index (χ2v) is 5.37. The highest BCUT2D eigenvalue weighted by Gasteiger charge is 2.29. The summed E-state index contributed by atoms with van der Waals surface area (Å²) in [5, 5.41) is 3.16. The molecule has 1 fully saturated rings. The maximum absolute atomic E-state index is 12.0. The summed E-state index contributed by atoms with van der Waals surface area (Å²) in [6.45, 7) is 5.22. The molecule has 1 N–H and O–H groups in total. The lowest BCUT2D eigenvalue weighted by Gasteiger charge is -2.39. The highest BCUT2D eigenvalue weighted by Crippen LogP contribution is 2.13. The third kappa shape index (κ3) is 3.55. The van der Waals surface area contributed by atoms with Crippen LogP contribution in [-0.2, 0) is 11.3 Å². The Morgan fingerprint density at radius 1 is 1.32 bits per heavy atom. The van der Waals surface area contributed by atoms with Gasteiger partial charge < -0.3 is 10.2 Å². The third-order valence-electron chi connectivity index (χ3n) is 3.74. The van der Waals surface area contributed by atoms with Crippen molar-refractivity contribution in [2.24, 2.45) is 0 Å². The second-order valence-electron chi connectivity index (χ2n) is 5.37. The average Bonchev–Trinajstić information content (AvgIpc) is 2.38. The molecule has 2 rings (SSSR count). The zero-order valence-corrected chi connectivity index (χ0v) is 12.0. The smallest absolute Gasteiger partial charge is 0.236 e. The van der Waals surface area contributed by atoms with Gasteiger partial charge in [-0.2, -0.15) is 0 Å². The van der Waals surface area contributed by atoms with Crippen molar-refractivity contribution in [3.63, 3.8) is 0 Å². The maximum atomic E-state index is 12.0. The van der Waals surface area contributed by atoms with Gasteiger partial charge in [0, 0.05) is 26.7 Å². The van der Waals surface area contributed by atoms with Crippen molar-refractivity contribution in [1.29, 1.82) is 0 Å². The lowest BCUT2D eigenvalue weighted by molar-refractivity contribution is -0.138. The van der Waals surface area contributed by atoms with E-state index < -0.39 is 0 Å². The topological polar surface area (TPSA) is 35.6 Å². The van der Waals surface area contributed by atoms with E-state index in [2.05, 4.69) is 41.4 Å². The maximum Gasteiger partial charge on any atom is 0.236 e. The third-order valence-corrected chi connectivity index (χ3v) is 3.74. The molecule has 1 amide bonds. The number of hydrogen-bond acceptors (Lipinski definition) is 3. The largest absolute Gasteiger partial charge is 0.339 e. The van der Waals surface area contributed by atoms with Crippen molar-refractivity contribution in [3.8, 4) is 0 Å². The number of nitrogens with one attached hydrogen (secondary N) is 1. The van der Waals surface area contributed by atoms with Crippen LogP contribution in [0.2, 0.25) is 0 Å². The molecule has 1 aliphatic heterocycles. The van der Waals surface area contributed by atoms with E-state index in [1.165, 1.54) is 11.1 Å². The van der Waals surface area contributed by atoms with Crippen molar-refractivity contribution < 1.29 is 4.79 Å². The van der Waals surface area contributed by atoms with Gasteiger partial charge in [-0.1, -0.05) is 29.8 Å². The number of carbonyl (C=O) groups is 1. The van der Waals surface area contributed by atoms with Gasteiger partial charge in [0.15, 0.2) is 0 Å². The van der Waals surface area contributed by atoms with Crippen LogP contribution >= 0.6 is 0 Å². The number of benzene rings is 1. The monoisotopic (exact) mass is 261 g/mol. The van der Waals surface area contributed by atoms with Gasteiger partial charge in [0.1, 0.15) is 0 Å². The summed E-state index contributed by atoms with van der Waals surface area (Å²) in [5.41, 5.74) is 2.54. The first kappa shape index (κ1) is 14.0. The number of likely N-dealkylation sites (N-methyl/N-ethyl adjacent to an activating group) is 2. The van der Waals surface area contributed by atoms with Crippen LogP contribution in [0.1, 0.15) is 11.1 Å². The van der Waals surface area contributed by atoms with Crippen LogP contribution in [0.5, 0.6) is 0 Å². The van der Waals surface area contributed by atoms with Crippen molar-refractivity contribution in [2.45, 2.75) is 19.5 Å². The Hall–Kier alpha value is -1.39. The molecule has 0 aliphatic carbocycles. The Kier molecular flexibility index (Phi) is 4.56. The number of rotatable bonds is 4. The molecule has 4 nitrogen and oxygen atoms in total. The molecular weight excluding hydrogens is 238 g/mol. The minimum Gasteiger partial charge on any atom is -0.339 e. The van der Waals surface area contributed by atoms with Crippen LogP contribution in [0, 0.1) is 6.92 Å². The van der Waals surface area contributed by atoms with E-state index in [9.17, 15) is 4.79 Å². The van der Waals surface area contributed by atoms with E-state index in [0.29, 0.717) is 6.54 Å². The van der Waals surface area contributed by atoms with Gasteiger partial charge in [0.25, 0.3) is 0 Å². The summed E-state index contributed by atoms with van der Waals surface area (Å²) in [6, 6.07) is 8.80. The van der Waals surface area contributed by atoms with Crippen LogP contribution in [0.25, 0.3) is 0 Å². The molecule has 1 heterocycles. The fourth-order valence-electron chi connectivity index (χ4n) is 2.50. The molecule has 0 aromatic heterocycles. The summed E-state index contributed by atoms with van der Waals surface area (Å²) in [7, 11) is 3.82. The quantitative estimate of drug-likeness (QED) is 0.873. The van der Waals surface area contributed by atoms with Gasteiger partial charge in [-0.05, 0) is 19.5 Å². The molecule has 1 unspecified atom stereocenters. The first-order valence-electron chi connectivity index (χ1n) is 6.78. The highest BCUT2D eigenvalue weighted by molar-refractivity contribution is 5.79. The number of amides is 1. The predicted molar refractivity (Wildman–Crippen MR) is 76.9 cm³/mol. The number of hydrogen-bond donors (Lipinski definition) is 1. The molecule has 4 heteroatoms. The zero-order valence-electron chi connectivity index (χ0n) is 12.0. The van der Waals surface area contributed by atoms with Gasteiger partial charge in [-0.15, -0.1) is 0 Å². The summed E-state index contributed by atoms with van der Waals surface area (Å²) in [6.07, 6.45) is 0. The van der Waals surface area contributed by atoms with E-state index in [0.717, 1.165) is 19.6 Å². The zero-order chi connectivity index (χ0) is 13.8. The van der Waals surface area contributed by atoms with Gasteiger partial charge in [0.2, 0.25) is 5.91 Å². The van der Waals surface area contributed by atoms with Crippen LogP contribution in [0.4, 0.5) is 0 Å². The lowest BCUT2D eigenvalue weighted by atomic mass is 10.1. The Balaban J connectivity index is 2.00. The first-order chi connectivity index (χ1) is 9.10. The Morgan fingerprint density at radius 3 is 2.63 bits per heavy atom. The second kappa shape index (κ2) is 6.17. The SMILES string of the molecule is CNCC1CN(Cc2ccc(C)cc2)CC(=O)N1C. The van der Waals surface area contributed by atoms with Gasteiger partial charge in [-0.25, -0.2) is 0 Å². The first-order valence-corrected chi connectivity index (χ1v) is 6.78. The number of carbonyl (C=O) groups excluding carboxylic acids is 1. The van der Waals surface area contributed by atoms with Crippen LogP contribution < -0.4 is 5.32 Å². The van der Waals surface area contributed by atoms with Crippen molar-refractivity contribution in [1.82, 2.24) is 15.1 Å². The van der Waals surface area contributed by atoms with E-state index in [4.69, 9.17) is 0 Å². The summed E-state index contributed by atoms with van der Waals surface area (Å²) >= 11 is 0. The molecule has 0 bridgehead atoms. The van der Waals surface area contributed by atoms with E-state index in [1.54, 1.807) is 0 Å². The van der Waals surface area contributed by atoms with Crippen LogP contribution in [0.3, 0.4) is 0 Å². The van der Waals surface area contributed by atoms with Gasteiger partial charge in [-0.3, -0.25) is 9.69 Å². The molecule has 1 atom stereocenters. The molecule has 1 aromatic carbocycles. The molecule has 1 saturated heterocycles. The Labute approximate surface area is 115 Å².